The van der Waals surface area contributed by atoms with Crippen LogP contribution in [0.3, 0.4) is 0 Å². The van der Waals surface area contributed by atoms with Crippen molar-refractivity contribution < 1.29 is 24.5 Å². The number of rotatable bonds is 3. The van der Waals surface area contributed by atoms with E-state index in [0.29, 0.717) is 13.0 Å². The number of esters is 1. The minimum absolute atomic E-state index is 0.0947. The van der Waals surface area contributed by atoms with Crippen LogP contribution >= 0.6 is 0 Å². The number of carbonyl (C=O) groups is 2. The van der Waals surface area contributed by atoms with E-state index in [2.05, 4.69) is 9.72 Å². The number of piperidine rings is 1. The van der Waals surface area contributed by atoms with Gasteiger partial charge in [0.1, 0.15) is 0 Å². The third kappa shape index (κ3) is 3.37. The molecule has 1 saturated heterocycles. The number of likely N-dealkylation sites (tertiary alicyclic amines) is 1. The molecule has 21 heavy (non-hydrogen) atoms. The largest absolute Gasteiger partial charge is 0.465 e. The van der Waals surface area contributed by atoms with E-state index in [1.165, 1.54) is 30.5 Å². The number of methoxy groups -OCH3 is 1. The first-order valence-electron chi connectivity index (χ1n) is 6.68. The number of hydrogen-bond acceptors (Lipinski definition) is 6. The van der Waals surface area contributed by atoms with Crippen molar-refractivity contribution in [1.29, 1.82) is 0 Å². The van der Waals surface area contributed by atoms with Gasteiger partial charge in [-0.25, -0.2) is 4.79 Å². The fourth-order valence-electron chi connectivity index (χ4n) is 2.35. The quantitative estimate of drug-likeness (QED) is 0.741. The van der Waals surface area contributed by atoms with Gasteiger partial charge in [-0.05, 0) is 12.5 Å². The van der Waals surface area contributed by atoms with Crippen LogP contribution in [0.1, 0.15) is 27.1 Å². The second-order valence-electron chi connectivity index (χ2n) is 5.00. The van der Waals surface area contributed by atoms with Gasteiger partial charge in [-0.2, -0.15) is 0 Å². The van der Waals surface area contributed by atoms with Crippen LogP contribution in [0.4, 0.5) is 0 Å². The fraction of sp³-hybridized carbons (Fsp3) is 0.500. The van der Waals surface area contributed by atoms with Gasteiger partial charge in [-0.3, -0.25) is 9.78 Å². The Morgan fingerprint density at radius 1 is 1.43 bits per heavy atom. The average Bonchev–Trinajstić information content (AvgIpc) is 2.53. The number of pyridine rings is 1. The highest BCUT2D eigenvalue weighted by Gasteiger charge is 2.30. The zero-order valence-corrected chi connectivity index (χ0v) is 11.7. The molecule has 1 aromatic rings. The fourth-order valence-corrected chi connectivity index (χ4v) is 2.35. The highest BCUT2D eigenvalue weighted by Crippen LogP contribution is 2.19. The molecule has 1 aliphatic heterocycles. The van der Waals surface area contributed by atoms with Crippen LogP contribution in [-0.2, 0) is 4.74 Å². The molecule has 2 rings (SSSR count). The lowest BCUT2D eigenvalue weighted by atomic mass is 9.94. The Hall–Kier alpha value is -1.99. The van der Waals surface area contributed by atoms with E-state index in [1.807, 2.05) is 0 Å². The van der Waals surface area contributed by atoms with Crippen molar-refractivity contribution >= 4 is 11.9 Å². The molecule has 2 atom stereocenters. The molecule has 0 spiro atoms. The van der Waals surface area contributed by atoms with Crippen molar-refractivity contribution in [3.05, 3.63) is 29.6 Å². The SMILES string of the molecule is COC(=O)c1cncc(C(=O)N2CC[C@H](CO)[C@H](O)C2)c1. The molecule has 1 aromatic heterocycles. The minimum Gasteiger partial charge on any atom is -0.465 e. The van der Waals surface area contributed by atoms with Crippen LogP contribution in [0.15, 0.2) is 18.5 Å². The van der Waals surface area contributed by atoms with Crippen molar-refractivity contribution in [2.75, 3.05) is 26.8 Å². The van der Waals surface area contributed by atoms with Crippen LogP contribution in [0, 0.1) is 5.92 Å². The van der Waals surface area contributed by atoms with E-state index in [9.17, 15) is 14.7 Å². The molecule has 114 valence electrons. The van der Waals surface area contributed by atoms with Crippen LogP contribution in [0.5, 0.6) is 0 Å². The molecular weight excluding hydrogens is 276 g/mol. The summed E-state index contributed by atoms with van der Waals surface area (Å²) in [7, 11) is 1.26. The van der Waals surface area contributed by atoms with Crippen molar-refractivity contribution in [2.45, 2.75) is 12.5 Å². The summed E-state index contributed by atoms with van der Waals surface area (Å²) >= 11 is 0. The average molecular weight is 294 g/mol. The van der Waals surface area contributed by atoms with Crippen LogP contribution in [0.2, 0.25) is 0 Å². The zero-order valence-electron chi connectivity index (χ0n) is 11.7. The summed E-state index contributed by atoms with van der Waals surface area (Å²) in [5.74, 6) is -1.06. The van der Waals surface area contributed by atoms with Gasteiger partial charge in [0, 0.05) is 38.0 Å². The van der Waals surface area contributed by atoms with Gasteiger partial charge in [-0.1, -0.05) is 0 Å². The lowest BCUT2D eigenvalue weighted by Gasteiger charge is -2.35. The molecule has 2 heterocycles. The Bertz CT molecular complexity index is 534. The highest BCUT2D eigenvalue weighted by atomic mass is 16.5. The smallest absolute Gasteiger partial charge is 0.339 e. The van der Waals surface area contributed by atoms with E-state index in [-0.39, 0.29) is 36.1 Å². The van der Waals surface area contributed by atoms with Crippen LogP contribution < -0.4 is 0 Å². The number of hydrogen-bond donors (Lipinski definition) is 2. The van der Waals surface area contributed by atoms with Crippen molar-refractivity contribution in [3.8, 4) is 0 Å². The molecule has 2 N–H and O–H groups in total. The first kappa shape index (κ1) is 15.4. The maximum absolute atomic E-state index is 12.4. The number of aromatic nitrogens is 1. The van der Waals surface area contributed by atoms with Gasteiger partial charge in [0.25, 0.3) is 5.91 Å². The number of ether oxygens (including phenoxy) is 1. The minimum atomic E-state index is -0.746. The highest BCUT2D eigenvalue weighted by molar-refractivity contribution is 5.97. The summed E-state index contributed by atoms with van der Waals surface area (Å²) in [4.78, 5) is 29.2. The molecule has 1 amide bonds. The lowest BCUT2D eigenvalue weighted by molar-refractivity contribution is 0.000852. The molecule has 0 bridgehead atoms. The second kappa shape index (κ2) is 6.64. The Morgan fingerprint density at radius 2 is 2.14 bits per heavy atom. The monoisotopic (exact) mass is 294 g/mol. The van der Waals surface area contributed by atoms with Crippen molar-refractivity contribution in [3.63, 3.8) is 0 Å². The Labute approximate surface area is 122 Å². The third-order valence-electron chi connectivity index (χ3n) is 3.65. The summed E-state index contributed by atoms with van der Waals surface area (Å²) in [5, 5.41) is 19.0. The van der Waals surface area contributed by atoms with Crippen molar-refractivity contribution in [1.82, 2.24) is 9.88 Å². The second-order valence-corrected chi connectivity index (χ2v) is 5.00. The molecule has 0 aliphatic carbocycles. The van der Waals surface area contributed by atoms with Gasteiger partial charge in [0.05, 0.1) is 24.3 Å². The molecule has 0 radical (unpaired) electrons. The van der Waals surface area contributed by atoms with E-state index >= 15 is 0 Å². The molecule has 1 fully saturated rings. The van der Waals surface area contributed by atoms with E-state index < -0.39 is 12.1 Å². The molecule has 0 aromatic carbocycles. The zero-order chi connectivity index (χ0) is 15.4. The molecule has 0 saturated carbocycles. The number of aliphatic hydroxyl groups excluding tert-OH is 2. The van der Waals surface area contributed by atoms with Gasteiger partial charge in [0.15, 0.2) is 0 Å². The van der Waals surface area contributed by atoms with Gasteiger partial charge in [-0.15, -0.1) is 0 Å². The number of carbonyl (C=O) groups excluding carboxylic acids is 2. The number of aliphatic hydroxyl groups is 2. The molecule has 1 aliphatic rings. The summed E-state index contributed by atoms with van der Waals surface area (Å²) < 4.78 is 4.59. The maximum atomic E-state index is 12.4. The van der Waals surface area contributed by atoms with Crippen LogP contribution in [-0.4, -0.2) is 64.9 Å². The predicted molar refractivity (Wildman–Crippen MR) is 72.7 cm³/mol. The van der Waals surface area contributed by atoms with Crippen molar-refractivity contribution in [2.24, 2.45) is 5.92 Å². The Kier molecular flexibility index (Phi) is 4.87. The summed E-state index contributed by atoms with van der Waals surface area (Å²) in [6.45, 7) is 0.513. The van der Waals surface area contributed by atoms with E-state index in [4.69, 9.17) is 5.11 Å². The lowest BCUT2D eigenvalue weighted by Crippen LogP contribution is -2.47. The normalized spacial score (nSPS) is 22.0. The number of nitrogens with zero attached hydrogens (tertiary/aromatic N) is 2. The molecule has 7 heteroatoms. The summed E-state index contributed by atoms with van der Waals surface area (Å²) in [6.07, 6.45) is 2.49. The van der Waals surface area contributed by atoms with Gasteiger partial charge < -0.3 is 19.8 Å². The number of β-amino-alcohol motifs (C(OH)–C–C–N with tert-alkyl or cyclic N) is 1. The van der Waals surface area contributed by atoms with Gasteiger partial charge >= 0.3 is 5.97 Å². The first-order chi connectivity index (χ1) is 10.1. The topological polar surface area (TPSA) is 100.0 Å². The number of amides is 1. The molecule has 7 nitrogen and oxygen atoms in total. The maximum Gasteiger partial charge on any atom is 0.339 e. The molecular formula is C14H18N2O5. The first-order valence-corrected chi connectivity index (χ1v) is 6.68. The van der Waals surface area contributed by atoms with Gasteiger partial charge in [0.2, 0.25) is 0 Å². The third-order valence-corrected chi connectivity index (χ3v) is 3.65. The summed E-state index contributed by atoms with van der Waals surface area (Å²) in [6, 6.07) is 1.42. The summed E-state index contributed by atoms with van der Waals surface area (Å²) in [5.41, 5.74) is 0.474. The standard InChI is InChI=1S/C14H18N2O5/c1-21-14(20)11-4-10(5-15-6-11)13(19)16-3-2-9(8-17)12(18)7-16/h4-6,9,12,17-18H,2-3,7-8H2,1H3/t9-,12-/m1/s1. The van der Waals surface area contributed by atoms with E-state index in [0.717, 1.165) is 0 Å². The predicted octanol–water partition coefficient (Wildman–Crippen LogP) is -0.317. The Morgan fingerprint density at radius 3 is 2.76 bits per heavy atom. The Balaban J connectivity index is 2.12. The van der Waals surface area contributed by atoms with Crippen LogP contribution in [0.25, 0.3) is 0 Å². The van der Waals surface area contributed by atoms with E-state index in [1.54, 1.807) is 0 Å². The molecule has 0 unspecified atom stereocenters.